The number of carboxylic acids is 1. The van der Waals surface area contributed by atoms with E-state index < -0.39 is 11.6 Å². The minimum absolute atomic E-state index is 0. The van der Waals surface area contributed by atoms with E-state index in [2.05, 4.69) is 6.08 Å². The Morgan fingerprint density at radius 2 is 1.97 bits per heavy atom. The molecule has 2 heterocycles. The lowest BCUT2D eigenvalue weighted by Gasteiger charge is -2.42. The van der Waals surface area contributed by atoms with Crippen LogP contribution in [0.2, 0.25) is 0 Å². The number of aliphatic carboxylic acids is 1. The van der Waals surface area contributed by atoms with Gasteiger partial charge in [-0.25, -0.2) is 4.39 Å². The van der Waals surface area contributed by atoms with Gasteiger partial charge in [0.2, 0.25) is 0 Å². The van der Waals surface area contributed by atoms with Gasteiger partial charge in [-0.1, -0.05) is 31.2 Å². The van der Waals surface area contributed by atoms with Crippen LogP contribution >= 0.6 is 12.4 Å². The molecule has 4 rings (SSSR count). The lowest BCUT2D eigenvalue weighted by atomic mass is 9.83. The molecule has 0 aliphatic carbocycles. The molecule has 5 nitrogen and oxygen atoms in total. The molecular formula is C24H27ClFNO4. The molecule has 0 unspecified atom stereocenters. The Morgan fingerprint density at radius 3 is 2.65 bits per heavy atom. The summed E-state index contributed by atoms with van der Waals surface area (Å²) >= 11 is 0. The molecule has 2 aromatic rings. The van der Waals surface area contributed by atoms with Gasteiger partial charge in [0.05, 0.1) is 13.2 Å². The molecule has 7 heteroatoms. The number of para-hydroxylation sites is 1. The first-order valence-electron chi connectivity index (χ1n) is 10.4. The molecule has 0 radical (unpaired) electrons. The van der Waals surface area contributed by atoms with Crippen LogP contribution in [0.25, 0.3) is 5.57 Å². The zero-order valence-corrected chi connectivity index (χ0v) is 18.3. The molecule has 0 aromatic heterocycles. The summed E-state index contributed by atoms with van der Waals surface area (Å²) in [5.74, 6) is -0.166. The number of benzene rings is 2. The van der Waals surface area contributed by atoms with Gasteiger partial charge in [0.25, 0.3) is 0 Å². The second kappa shape index (κ2) is 9.71. The number of likely N-dealkylation sites (tertiary alicyclic amines) is 1. The summed E-state index contributed by atoms with van der Waals surface area (Å²) in [5, 5.41) is 9.06. The van der Waals surface area contributed by atoms with Gasteiger partial charge in [0, 0.05) is 31.5 Å². The summed E-state index contributed by atoms with van der Waals surface area (Å²) in [4.78, 5) is 13.0. The fraction of sp³-hybridized carbons (Fsp3) is 0.375. The Hall–Kier alpha value is -2.57. The topological polar surface area (TPSA) is 59.0 Å². The molecule has 31 heavy (non-hydrogen) atoms. The number of carboxylic acid groups (broad SMARTS) is 1. The molecule has 0 amide bonds. The number of fused-ring (bicyclic) bond motifs is 1. The van der Waals surface area contributed by atoms with Gasteiger partial charge in [0.15, 0.2) is 11.6 Å². The van der Waals surface area contributed by atoms with E-state index in [9.17, 15) is 9.18 Å². The van der Waals surface area contributed by atoms with Crippen LogP contribution in [0.15, 0.2) is 48.5 Å². The maximum Gasteiger partial charge on any atom is 0.317 e. The minimum atomic E-state index is -0.821. The molecule has 2 aliphatic rings. The highest BCUT2D eigenvalue weighted by atomic mass is 35.5. The highest BCUT2D eigenvalue weighted by molar-refractivity contribution is 5.85. The van der Waals surface area contributed by atoms with Gasteiger partial charge in [0.1, 0.15) is 11.4 Å². The van der Waals surface area contributed by atoms with E-state index in [1.807, 2.05) is 42.2 Å². The van der Waals surface area contributed by atoms with E-state index >= 15 is 0 Å². The number of carbonyl (C=O) groups is 1. The average Bonchev–Trinajstić information content (AvgIpc) is 2.74. The minimum Gasteiger partial charge on any atom is -0.491 e. The van der Waals surface area contributed by atoms with Crippen molar-refractivity contribution in [2.24, 2.45) is 0 Å². The fourth-order valence-corrected chi connectivity index (χ4v) is 4.13. The smallest absolute Gasteiger partial charge is 0.317 e. The summed E-state index contributed by atoms with van der Waals surface area (Å²) in [6, 6.07) is 12.9. The third-order valence-electron chi connectivity index (χ3n) is 5.66. The van der Waals surface area contributed by atoms with Crippen LogP contribution in [0.3, 0.4) is 0 Å². The summed E-state index contributed by atoms with van der Waals surface area (Å²) in [6.07, 6.45) is 4.27. The molecule has 0 atom stereocenters. The zero-order valence-electron chi connectivity index (χ0n) is 17.5. The van der Waals surface area contributed by atoms with Crippen molar-refractivity contribution in [1.29, 1.82) is 0 Å². The third kappa shape index (κ3) is 5.02. The van der Waals surface area contributed by atoms with E-state index in [-0.39, 0.29) is 30.5 Å². The van der Waals surface area contributed by atoms with Gasteiger partial charge in [-0.15, -0.1) is 12.4 Å². The van der Waals surface area contributed by atoms with Crippen LogP contribution in [-0.2, 0) is 4.79 Å². The van der Waals surface area contributed by atoms with Crippen molar-refractivity contribution >= 4 is 23.9 Å². The van der Waals surface area contributed by atoms with Crippen molar-refractivity contribution < 1.29 is 23.8 Å². The first-order chi connectivity index (χ1) is 14.5. The van der Waals surface area contributed by atoms with Crippen LogP contribution < -0.4 is 9.47 Å². The lowest BCUT2D eigenvalue weighted by molar-refractivity contribution is -0.139. The molecule has 0 saturated carbocycles. The van der Waals surface area contributed by atoms with Crippen molar-refractivity contribution in [2.45, 2.75) is 31.8 Å². The quantitative estimate of drug-likeness (QED) is 0.690. The highest BCUT2D eigenvalue weighted by Gasteiger charge is 2.39. The maximum absolute atomic E-state index is 14.7. The second-order valence-electron chi connectivity index (χ2n) is 7.88. The first kappa shape index (κ1) is 23.1. The summed E-state index contributed by atoms with van der Waals surface area (Å²) < 4.78 is 26.5. The standard InChI is InChI=1S/C24H26FNO4.ClH/c1-2-13-29-22-8-7-17(14-20(22)25)19-15-24(30-21-6-4-3-5-18(19)21)9-11-26(12-10-24)16-23(27)28;/h3-8,14-15H,2,9-13,16H2,1H3,(H,27,28);1H. The molecular weight excluding hydrogens is 421 g/mol. The van der Waals surface area contributed by atoms with Crippen LogP contribution in [0, 0.1) is 5.82 Å². The number of piperidine rings is 1. The first-order valence-corrected chi connectivity index (χ1v) is 10.4. The molecule has 1 saturated heterocycles. The molecule has 2 aromatic carbocycles. The van der Waals surface area contributed by atoms with E-state index in [4.69, 9.17) is 14.6 Å². The van der Waals surface area contributed by atoms with Crippen molar-refractivity contribution in [3.05, 3.63) is 65.5 Å². The SMILES string of the molecule is CCCOc1ccc(C2=CC3(CCN(CC(=O)O)CC3)Oc3ccccc32)cc1F.Cl. The summed E-state index contributed by atoms with van der Waals surface area (Å²) in [6.45, 7) is 3.77. The summed E-state index contributed by atoms with van der Waals surface area (Å²) in [7, 11) is 0. The third-order valence-corrected chi connectivity index (χ3v) is 5.66. The van der Waals surface area contributed by atoms with Crippen LogP contribution in [0.5, 0.6) is 11.5 Å². The largest absolute Gasteiger partial charge is 0.491 e. The molecule has 1 spiro atoms. The van der Waals surface area contributed by atoms with E-state index in [1.165, 1.54) is 6.07 Å². The number of hydrogen-bond donors (Lipinski definition) is 1. The molecule has 1 fully saturated rings. The molecule has 0 bridgehead atoms. The Labute approximate surface area is 187 Å². The van der Waals surface area contributed by atoms with Crippen molar-refractivity contribution in [2.75, 3.05) is 26.2 Å². The van der Waals surface area contributed by atoms with Gasteiger partial charge in [-0.3, -0.25) is 9.69 Å². The predicted molar refractivity (Wildman–Crippen MR) is 120 cm³/mol. The van der Waals surface area contributed by atoms with Crippen LogP contribution in [-0.4, -0.2) is 47.8 Å². The zero-order chi connectivity index (χ0) is 21.1. The normalized spacial score (nSPS) is 17.2. The van der Waals surface area contributed by atoms with Gasteiger partial charge < -0.3 is 14.6 Å². The van der Waals surface area contributed by atoms with E-state index in [0.29, 0.717) is 32.5 Å². The number of halogens is 2. The van der Waals surface area contributed by atoms with Crippen molar-refractivity contribution in [1.82, 2.24) is 4.90 Å². The van der Waals surface area contributed by atoms with Gasteiger partial charge in [-0.05, 0) is 41.8 Å². The maximum atomic E-state index is 14.7. The number of hydrogen-bond acceptors (Lipinski definition) is 4. The molecule has 1 N–H and O–H groups in total. The number of ether oxygens (including phenoxy) is 2. The second-order valence-corrected chi connectivity index (χ2v) is 7.88. The van der Waals surface area contributed by atoms with Crippen molar-refractivity contribution in [3.8, 4) is 11.5 Å². The van der Waals surface area contributed by atoms with E-state index in [1.54, 1.807) is 6.07 Å². The Morgan fingerprint density at radius 1 is 1.23 bits per heavy atom. The highest BCUT2D eigenvalue weighted by Crippen LogP contribution is 2.43. The van der Waals surface area contributed by atoms with Gasteiger partial charge in [-0.2, -0.15) is 0 Å². The van der Waals surface area contributed by atoms with Gasteiger partial charge >= 0.3 is 5.97 Å². The monoisotopic (exact) mass is 447 g/mol. The van der Waals surface area contributed by atoms with Crippen LogP contribution in [0.4, 0.5) is 4.39 Å². The number of rotatable bonds is 6. The van der Waals surface area contributed by atoms with Crippen LogP contribution in [0.1, 0.15) is 37.3 Å². The Balaban J connectivity index is 0.00000272. The molecule has 2 aliphatic heterocycles. The predicted octanol–water partition coefficient (Wildman–Crippen LogP) is 4.78. The Kier molecular flexibility index (Phi) is 7.23. The fourth-order valence-electron chi connectivity index (χ4n) is 4.13. The molecule has 166 valence electrons. The lowest BCUT2D eigenvalue weighted by Crippen LogP contribution is -2.49. The Bertz CT molecular complexity index is 970. The number of nitrogens with zero attached hydrogens (tertiary/aromatic N) is 1. The van der Waals surface area contributed by atoms with Crippen molar-refractivity contribution in [3.63, 3.8) is 0 Å². The van der Waals surface area contributed by atoms with E-state index in [0.717, 1.165) is 28.9 Å². The summed E-state index contributed by atoms with van der Waals surface area (Å²) in [5.41, 5.74) is 2.12. The average molecular weight is 448 g/mol.